The molecule has 166 valence electrons. The maximum Gasteiger partial charge on any atom is 0.241 e. The normalized spacial score (nSPS) is 21.4. The Morgan fingerprint density at radius 1 is 1.27 bits per heavy atom. The van der Waals surface area contributed by atoms with Gasteiger partial charge in [-0.25, -0.2) is 9.37 Å². The molecule has 1 aliphatic rings. The summed E-state index contributed by atoms with van der Waals surface area (Å²) in [5.41, 5.74) is 5.81. The molecule has 1 heterocycles. The number of carbonyl (C=O) groups excluding carboxylic acids is 1. The van der Waals surface area contributed by atoms with Gasteiger partial charge in [-0.15, -0.1) is 24.8 Å². The van der Waals surface area contributed by atoms with Gasteiger partial charge in [0.2, 0.25) is 11.8 Å². The van der Waals surface area contributed by atoms with Crippen LogP contribution in [0.5, 0.6) is 11.6 Å². The highest BCUT2D eigenvalue weighted by molar-refractivity contribution is 5.88. The number of nitrogens with one attached hydrogen (secondary N) is 1. The summed E-state index contributed by atoms with van der Waals surface area (Å²) in [4.78, 5) is 16.9. The molecular weight excluding hydrogens is 432 g/mol. The first-order valence-electron chi connectivity index (χ1n) is 9.33. The highest BCUT2D eigenvalue weighted by Crippen LogP contribution is 2.49. The van der Waals surface area contributed by atoms with E-state index in [1.807, 2.05) is 20.8 Å². The predicted octanol–water partition coefficient (Wildman–Crippen LogP) is 4.01. The van der Waals surface area contributed by atoms with Gasteiger partial charge in [-0.2, -0.15) is 0 Å². The van der Waals surface area contributed by atoms with Gasteiger partial charge in [0.25, 0.3) is 0 Å². The fourth-order valence-electron chi connectivity index (χ4n) is 3.40. The minimum atomic E-state index is -0.965. The summed E-state index contributed by atoms with van der Waals surface area (Å²) in [6.07, 6.45) is 2.07. The topological polar surface area (TPSA) is 86.5 Å². The minimum absolute atomic E-state index is 0. The lowest BCUT2D eigenvalue weighted by atomic mass is 9.54. The number of nitrogens with zero attached hydrogens (tertiary/aromatic N) is 1. The number of hydrogen-bond acceptors (Lipinski definition) is 5. The van der Waals surface area contributed by atoms with Gasteiger partial charge in [0, 0.05) is 37.3 Å². The summed E-state index contributed by atoms with van der Waals surface area (Å²) in [5, 5.41) is 2.91. The van der Waals surface area contributed by atoms with Crippen LogP contribution in [0.15, 0.2) is 42.6 Å². The molecule has 9 heteroatoms. The molecule has 0 saturated heterocycles. The molecule has 1 fully saturated rings. The zero-order valence-electron chi connectivity index (χ0n) is 17.2. The van der Waals surface area contributed by atoms with Crippen molar-refractivity contribution in [1.82, 2.24) is 10.3 Å². The number of amides is 1. The zero-order chi connectivity index (χ0) is 20.4. The van der Waals surface area contributed by atoms with Crippen LogP contribution in [-0.4, -0.2) is 29.1 Å². The average molecular weight is 460 g/mol. The van der Waals surface area contributed by atoms with Crippen molar-refractivity contribution in [2.75, 3.05) is 6.61 Å². The van der Waals surface area contributed by atoms with E-state index in [0.717, 1.165) is 5.56 Å². The smallest absolute Gasteiger partial charge is 0.241 e. The molecule has 1 aliphatic carbocycles. The number of benzene rings is 1. The van der Waals surface area contributed by atoms with Crippen molar-refractivity contribution in [3.8, 4) is 11.6 Å². The van der Waals surface area contributed by atoms with Gasteiger partial charge in [-0.05, 0) is 42.8 Å². The largest absolute Gasteiger partial charge is 0.439 e. The number of halogens is 3. The maximum absolute atomic E-state index is 13.0. The standard InChI is InChI=1S/C21H26FN3O3.2ClH/c1-4-27-17-12-21(23,20(17,2)3)19(26)25-13-14-9-10-24-18(11-14)28-16-7-5-15(22)6-8-16;;/h5-11,17H,4,12-13,23H2,1-3H3,(H,25,26);2*1H. The predicted molar refractivity (Wildman–Crippen MR) is 118 cm³/mol. The second-order valence-corrected chi connectivity index (χ2v) is 7.58. The first-order chi connectivity index (χ1) is 13.3. The van der Waals surface area contributed by atoms with Gasteiger partial charge >= 0.3 is 0 Å². The lowest BCUT2D eigenvalue weighted by Crippen LogP contribution is -2.75. The molecule has 2 unspecified atom stereocenters. The lowest BCUT2D eigenvalue weighted by molar-refractivity contribution is -0.170. The van der Waals surface area contributed by atoms with E-state index in [4.69, 9.17) is 15.2 Å². The summed E-state index contributed by atoms with van der Waals surface area (Å²) in [6.45, 7) is 6.74. The number of hydrogen-bond donors (Lipinski definition) is 2. The second-order valence-electron chi connectivity index (χ2n) is 7.58. The van der Waals surface area contributed by atoms with E-state index in [2.05, 4.69) is 10.3 Å². The quantitative estimate of drug-likeness (QED) is 0.652. The third-order valence-electron chi connectivity index (χ3n) is 5.52. The van der Waals surface area contributed by atoms with Crippen molar-refractivity contribution in [3.05, 3.63) is 54.0 Å². The van der Waals surface area contributed by atoms with Crippen LogP contribution in [0.2, 0.25) is 0 Å². The van der Waals surface area contributed by atoms with Crippen LogP contribution >= 0.6 is 24.8 Å². The Morgan fingerprint density at radius 3 is 2.53 bits per heavy atom. The van der Waals surface area contributed by atoms with Crippen LogP contribution in [0.1, 0.15) is 32.8 Å². The van der Waals surface area contributed by atoms with Crippen molar-refractivity contribution in [1.29, 1.82) is 0 Å². The molecule has 30 heavy (non-hydrogen) atoms. The SMILES string of the molecule is CCOC1CC(N)(C(=O)NCc2ccnc(Oc3ccc(F)cc3)c2)C1(C)C.Cl.Cl. The maximum atomic E-state index is 13.0. The molecule has 0 spiro atoms. The number of rotatable bonds is 7. The minimum Gasteiger partial charge on any atom is -0.439 e. The molecule has 3 rings (SSSR count). The number of carbonyl (C=O) groups is 1. The Kier molecular flexibility index (Phi) is 9.05. The van der Waals surface area contributed by atoms with E-state index in [1.54, 1.807) is 18.3 Å². The fourth-order valence-corrected chi connectivity index (χ4v) is 3.40. The highest BCUT2D eigenvalue weighted by Gasteiger charge is 2.62. The number of aromatic nitrogens is 1. The van der Waals surface area contributed by atoms with Crippen molar-refractivity contribution in [3.63, 3.8) is 0 Å². The number of ether oxygens (including phenoxy) is 2. The molecule has 6 nitrogen and oxygen atoms in total. The van der Waals surface area contributed by atoms with Gasteiger partial charge in [0.05, 0.1) is 6.10 Å². The van der Waals surface area contributed by atoms with Gasteiger partial charge in [0.1, 0.15) is 17.1 Å². The summed E-state index contributed by atoms with van der Waals surface area (Å²) in [5.74, 6) is 0.305. The van der Waals surface area contributed by atoms with Crippen LogP contribution < -0.4 is 15.8 Å². The molecule has 3 N–H and O–H groups in total. The van der Waals surface area contributed by atoms with Crippen LogP contribution in [0.3, 0.4) is 0 Å². The summed E-state index contributed by atoms with van der Waals surface area (Å²) < 4.78 is 24.3. The Balaban J connectivity index is 0.00000225. The average Bonchev–Trinajstić information content (AvgIpc) is 2.68. The van der Waals surface area contributed by atoms with Gasteiger partial charge < -0.3 is 20.5 Å². The van der Waals surface area contributed by atoms with Crippen LogP contribution in [0.25, 0.3) is 0 Å². The van der Waals surface area contributed by atoms with Crippen LogP contribution in [0, 0.1) is 11.2 Å². The molecule has 2 aromatic rings. The Hall–Kier alpha value is -1.93. The van der Waals surface area contributed by atoms with Crippen molar-refractivity contribution in [2.24, 2.45) is 11.1 Å². The first-order valence-corrected chi connectivity index (χ1v) is 9.33. The zero-order valence-corrected chi connectivity index (χ0v) is 18.8. The van der Waals surface area contributed by atoms with Gasteiger partial charge in [-0.1, -0.05) is 13.8 Å². The van der Waals surface area contributed by atoms with E-state index in [-0.39, 0.29) is 42.6 Å². The molecule has 1 amide bonds. The monoisotopic (exact) mass is 459 g/mol. The second kappa shape index (κ2) is 10.4. The van der Waals surface area contributed by atoms with E-state index >= 15 is 0 Å². The Labute approximate surface area is 188 Å². The lowest BCUT2D eigenvalue weighted by Gasteiger charge is -2.57. The van der Waals surface area contributed by atoms with Crippen molar-refractivity contribution < 1.29 is 18.7 Å². The third-order valence-corrected chi connectivity index (χ3v) is 5.52. The van der Waals surface area contributed by atoms with Crippen molar-refractivity contribution in [2.45, 2.75) is 45.4 Å². The first kappa shape index (κ1) is 26.1. The Bertz CT molecular complexity index is 852. The summed E-state index contributed by atoms with van der Waals surface area (Å²) in [6, 6.07) is 9.19. The van der Waals surface area contributed by atoms with E-state index in [9.17, 15) is 9.18 Å². The summed E-state index contributed by atoms with van der Waals surface area (Å²) >= 11 is 0. The Morgan fingerprint density at radius 2 is 1.93 bits per heavy atom. The number of pyridine rings is 1. The van der Waals surface area contributed by atoms with Crippen LogP contribution in [0.4, 0.5) is 4.39 Å². The molecule has 0 aliphatic heterocycles. The van der Waals surface area contributed by atoms with Crippen molar-refractivity contribution >= 4 is 30.7 Å². The molecule has 0 radical (unpaired) electrons. The third kappa shape index (κ3) is 5.21. The van der Waals surface area contributed by atoms with Gasteiger partial charge in [0.15, 0.2) is 0 Å². The van der Waals surface area contributed by atoms with E-state index in [1.165, 1.54) is 24.3 Å². The molecule has 2 atom stereocenters. The highest BCUT2D eigenvalue weighted by atomic mass is 35.5. The molecule has 1 aromatic heterocycles. The molecular formula is C21H28Cl2FN3O3. The van der Waals surface area contributed by atoms with E-state index in [0.29, 0.717) is 31.2 Å². The van der Waals surface area contributed by atoms with Gasteiger partial charge in [-0.3, -0.25) is 4.79 Å². The van der Waals surface area contributed by atoms with E-state index < -0.39 is 11.0 Å². The fraction of sp³-hybridized carbons (Fsp3) is 0.429. The molecule has 1 saturated carbocycles. The number of nitrogens with two attached hydrogens (primary N) is 1. The van der Waals surface area contributed by atoms with Crippen LogP contribution in [-0.2, 0) is 16.1 Å². The summed E-state index contributed by atoms with van der Waals surface area (Å²) in [7, 11) is 0. The molecule has 1 aromatic carbocycles. The molecule has 0 bridgehead atoms.